The van der Waals surface area contributed by atoms with Crippen LogP contribution < -0.4 is 0 Å². The molecule has 68 valence electrons. The highest BCUT2D eigenvalue weighted by molar-refractivity contribution is 5.20. The van der Waals surface area contributed by atoms with Gasteiger partial charge in [0.1, 0.15) is 0 Å². The van der Waals surface area contributed by atoms with E-state index >= 15 is 0 Å². The van der Waals surface area contributed by atoms with Crippen LogP contribution in [0.5, 0.6) is 0 Å². The molecule has 0 spiro atoms. The normalized spacial score (nSPS) is 24.6. The molecule has 0 bridgehead atoms. The molecule has 1 fully saturated rings. The summed E-state index contributed by atoms with van der Waals surface area (Å²) >= 11 is 0. The zero-order valence-electron chi connectivity index (χ0n) is 8.46. The highest BCUT2D eigenvalue weighted by Crippen LogP contribution is 2.34. The largest absolute Gasteiger partial charge is 0.293 e. The number of hydrazine groups is 1. The van der Waals surface area contributed by atoms with Crippen molar-refractivity contribution in [3.63, 3.8) is 0 Å². The van der Waals surface area contributed by atoms with Crippen molar-refractivity contribution in [2.45, 2.75) is 26.8 Å². The van der Waals surface area contributed by atoms with E-state index in [4.69, 9.17) is 0 Å². The Morgan fingerprint density at radius 1 is 1.25 bits per heavy atom. The molecule has 0 aromatic carbocycles. The lowest BCUT2D eigenvalue weighted by atomic mass is 10.1. The van der Waals surface area contributed by atoms with Gasteiger partial charge in [0, 0.05) is 30.4 Å². The number of nitrogens with zero attached hydrogens (tertiary/aromatic N) is 2. The van der Waals surface area contributed by atoms with Crippen LogP contribution in [-0.2, 0) is 0 Å². The average Bonchev–Trinajstić information content (AvgIpc) is 2.16. The van der Waals surface area contributed by atoms with E-state index in [-0.39, 0.29) is 0 Å². The van der Waals surface area contributed by atoms with Gasteiger partial charge in [-0.1, -0.05) is 20.1 Å². The molecule has 0 aromatic rings. The van der Waals surface area contributed by atoms with Crippen molar-refractivity contribution in [3.05, 3.63) is 24.6 Å². The first kappa shape index (κ1) is 9.17. The Balaban J connectivity index is 2.91. The maximum atomic E-state index is 4.06. The monoisotopic (exact) mass is 166 g/mol. The van der Waals surface area contributed by atoms with Gasteiger partial charge in [-0.2, -0.15) is 0 Å². The lowest BCUT2D eigenvalue weighted by molar-refractivity contribution is 0.0737. The quantitative estimate of drug-likeness (QED) is 0.589. The van der Waals surface area contributed by atoms with E-state index in [1.807, 2.05) is 7.05 Å². The molecular weight excluding hydrogens is 148 g/mol. The maximum absolute atomic E-state index is 4.06. The Bertz CT molecular complexity index is 218. The van der Waals surface area contributed by atoms with E-state index in [9.17, 15) is 0 Å². The molecule has 0 aliphatic carbocycles. The summed E-state index contributed by atoms with van der Waals surface area (Å²) in [5.74, 6) is 0.386. The Kier molecular flexibility index (Phi) is 2.18. The van der Waals surface area contributed by atoms with Gasteiger partial charge in [0.05, 0.1) is 0 Å². The van der Waals surface area contributed by atoms with Crippen LogP contribution in [0.25, 0.3) is 0 Å². The number of rotatable bonds is 1. The van der Waals surface area contributed by atoms with E-state index in [0.29, 0.717) is 12.0 Å². The molecule has 1 atom stereocenters. The molecule has 0 saturated carbocycles. The second kappa shape index (κ2) is 2.85. The first-order valence-electron chi connectivity index (χ1n) is 4.37. The summed E-state index contributed by atoms with van der Waals surface area (Å²) in [6.07, 6.45) is 0. The lowest BCUT2D eigenvalue weighted by Crippen LogP contribution is -2.36. The molecule has 0 aromatic heterocycles. The molecule has 0 N–H and O–H groups in total. The van der Waals surface area contributed by atoms with Crippen molar-refractivity contribution in [2.24, 2.45) is 5.92 Å². The number of hydrogen-bond acceptors (Lipinski definition) is 2. The van der Waals surface area contributed by atoms with Gasteiger partial charge >= 0.3 is 0 Å². The smallest absolute Gasteiger partial charge is 0.0446 e. The highest BCUT2D eigenvalue weighted by Gasteiger charge is 2.32. The second-order valence-corrected chi connectivity index (χ2v) is 3.67. The predicted molar refractivity (Wildman–Crippen MR) is 52.2 cm³/mol. The second-order valence-electron chi connectivity index (χ2n) is 3.67. The SMILES string of the molecule is C=C1C(C)C(=C)N(C(C)C)N1C. The van der Waals surface area contributed by atoms with Crippen molar-refractivity contribution in [1.29, 1.82) is 0 Å². The maximum Gasteiger partial charge on any atom is 0.0446 e. The van der Waals surface area contributed by atoms with E-state index in [2.05, 4.69) is 43.9 Å². The van der Waals surface area contributed by atoms with Gasteiger partial charge in [0.2, 0.25) is 0 Å². The molecule has 0 radical (unpaired) electrons. The molecule has 1 rings (SSSR count). The summed E-state index contributed by atoms with van der Waals surface area (Å²) in [6.45, 7) is 14.5. The third-order valence-corrected chi connectivity index (χ3v) is 2.52. The average molecular weight is 166 g/mol. The molecule has 2 nitrogen and oxygen atoms in total. The van der Waals surface area contributed by atoms with Crippen LogP contribution in [-0.4, -0.2) is 23.1 Å². The Morgan fingerprint density at radius 3 is 1.92 bits per heavy atom. The van der Waals surface area contributed by atoms with Crippen molar-refractivity contribution >= 4 is 0 Å². The summed E-state index contributed by atoms with van der Waals surface area (Å²) in [6, 6.07) is 0.462. The van der Waals surface area contributed by atoms with Gasteiger partial charge < -0.3 is 0 Å². The van der Waals surface area contributed by atoms with Crippen LogP contribution in [0, 0.1) is 5.92 Å². The molecule has 2 heteroatoms. The summed E-state index contributed by atoms with van der Waals surface area (Å²) in [4.78, 5) is 0. The molecular formula is C10H18N2. The summed E-state index contributed by atoms with van der Waals surface area (Å²) < 4.78 is 0. The van der Waals surface area contributed by atoms with E-state index in [1.165, 1.54) is 0 Å². The summed E-state index contributed by atoms with van der Waals surface area (Å²) in [7, 11) is 2.04. The standard InChI is InChI=1S/C10H18N2/c1-7(2)12-10(5)8(3)9(4)11(12)6/h7-8H,4-5H2,1-3,6H3. The fraction of sp³-hybridized carbons (Fsp3) is 0.600. The van der Waals surface area contributed by atoms with Gasteiger partial charge in [0.25, 0.3) is 0 Å². The minimum atomic E-state index is 0.386. The molecule has 1 aliphatic rings. The Labute approximate surface area is 75.1 Å². The van der Waals surface area contributed by atoms with Crippen molar-refractivity contribution in [2.75, 3.05) is 7.05 Å². The first-order valence-corrected chi connectivity index (χ1v) is 4.37. The van der Waals surface area contributed by atoms with Gasteiger partial charge in [0.15, 0.2) is 0 Å². The highest BCUT2D eigenvalue weighted by atomic mass is 15.7. The minimum Gasteiger partial charge on any atom is -0.293 e. The topological polar surface area (TPSA) is 6.48 Å². The van der Waals surface area contributed by atoms with Gasteiger partial charge in [-0.15, -0.1) is 0 Å². The van der Waals surface area contributed by atoms with Crippen molar-refractivity contribution in [3.8, 4) is 0 Å². The number of hydrogen-bond donors (Lipinski definition) is 0. The lowest BCUT2D eigenvalue weighted by Gasteiger charge is -2.32. The van der Waals surface area contributed by atoms with Crippen LogP contribution in [0.1, 0.15) is 20.8 Å². The van der Waals surface area contributed by atoms with Crippen LogP contribution in [0.15, 0.2) is 24.6 Å². The van der Waals surface area contributed by atoms with Gasteiger partial charge in [-0.3, -0.25) is 10.0 Å². The van der Waals surface area contributed by atoms with Crippen LogP contribution >= 0.6 is 0 Å². The fourth-order valence-electron chi connectivity index (χ4n) is 1.68. The third-order valence-electron chi connectivity index (χ3n) is 2.52. The van der Waals surface area contributed by atoms with Crippen molar-refractivity contribution in [1.82, 2.24) is 10.0 Å². The Hall–Kier alpha value is -0.920. The zero-order valence-corrected chi connectivity index (χ0v) is 8.46. The Morgan fingerprint density at radius 2 is 1.75 bits per heavy atom. The predicted octanol–water partition coefficient (Wildman–Crippen LogP) is 2.22. The van der Waals surface area contributed by atoms with Crippen LogP contribution in [0.2, 0.25) is 0 Å². The molecule has 0 amide bonds. The van der Waals surface area contributed by atoms with E-state index < -0.39 is 0 Å². The van der Waals surface area contributed by atoms with Gasteiger partial charge in [-0.05, 0) is 13.8 Å². The summed E-state index contributed by atoms with van der Waals surface area (Å²) in [5, 5.41) is 4.28. The molecule has 1 aliphatic heterocycles. The molecule has 1 heterocycles. The molecule has 1 unspecified atom stereocenters. The molecule has 1 saturated heterocycles. The van der Waals surface area contributed by atoms with E-state index in [1.54, 1.807) is 0 Å². The van der Waals surface area contributed by atoms with E-state index in [0.717, 1.165) is 11.4 Å². The van der Waals surface area contributed by atoms with Crippen molar-refractivity contribution < 1.29 is 0 Å². The summed E-state index contributed by atoms with van der Waals surface area (Å²) in [5.41, 5.74) is 2.28. The third kappa shape index (κ3) is 1.11. The fourth-order valence-corrected chi connectivity index (χ4v) is 1.68. The zero-order chi connectivity index (χ0) is 9.46. The minimum absolute atomic E-state index is 0.386. The van der Waals surface area contributed by atoms with Crippen LogP contribution in [0.4, 0.5) is 0 Å². The van der Waals surface area contributed by atoms with Crippen LogP contribution in [0.3, 0.4) is 0 Å². The van der Waals surface area contributed by atoms with Gasteiger partial charge in [-0.25, -0.2) is 0 Å². The first-order chi connectivity index (χ1) is 5.46. The molecule has 12 heavy (non-hydrogen) atoms.